The maximum atomic E-state index is 13.6. The van der Waals surface area contributed by atoms with Gasteiger partial charge < -0.3 is 19.3 Å². The van der Waals surface area contributed by atoms with Gasteiger partial charge in [0.15, 0.2) is 5.69 Å². The smallest absolute Gasteiger partial charge is 0.432 e. The SMILES string of the molecule is O=C(Cc1ccc(N2CCN(C(=O)[C@H](O)C3CCCCC3)CC2)nc1)c1oc(-c2ccccc2)nc1C(F)(F)F. The molecular weight excluding hydrogens is 525 g/mol. The first-order valence-corrected chi connectivity index (χ1v) is 13.5. The predicted molar refractivity (Wildman–Crippen MR) is 141 cm³/mol. The first-order valence-electron chi connectivity index (χ1n) is 13.5. The van der Waals surface area contributed by atoms with E-state index in [0.29, 0.717) is 43.1 Å². The van der Waals surface area contributed by atoms with Crippen LogP contribution in [0.1, 0.15) is 53.9 Å². The Labute approximate surface area is 229 Å². The van der Waals surface area contributed by atoms with Crippen LogP contribution in [0, 0.1) is 5.92 Å². The van der Waals surface area contributed by atoms with Gasteiger partial charge in [-0.3, -0.25) is 9.59 Å². The van der Waals surface area contributed by atoms with E-state index in [1.54, 1.807) is 47.4 Å². The summed E-state index contributed by atoms with van der Waals surface area (Å²) in [4.78, 5) is 37.3. The van der Waals surface area contributed by atoms with Gasteiger partial charge in [-0.25, -0.2) is 9.97 Å². The van der Waals surface area contributed by atoms with Crippen LogP contribution in [0.25, 0.3) is 11.5 Å². The molecule has 11 heteroatoms. The molecule has 0 spiro atoms. The van der Waals surface area contributed by atoms with Gasteiger partial charge in [0, 0.05) is 44.4 Å². The Hall–Kier alpha value is -3.73. The van der Waals surface area contributed by atoms with Crippen LogP contribution in [0.4, 0.5) is 19.0 Å². The van der Waals surface area contributed by atoms with Gasteiger partial charge in [0.05, 0.1) is 0 Å². The van der Waals surface area contributed by atoms with Gasteiger partial charge in [-0.05, 0) is 42.5 Å². The molecule has 2 fully saturated rings. The summed E-state index contributed by atoms with van der Waals surface area (Å²) in [5.41, 5.74) is -0.575. The third kappa shape index (κ3) is 6.19. The van der Waals surface area contributed by atoms with Crippen LogP contribution in [0.3, 0.4) is 0 Å². The summed E-state index contributed by atoms with van der Waals surface area (Å²) in [5.74, 6) is -1.49. The number of aliphatic hydroxyl groups excluding tert-OH is 1. The second-order valence-electron chi connectivity index (χ2n) is 10.3. The molecule has 3 aromatic rings. The number of carbonyl (C=O) groups is 2. The number of alkyl halides is 3. The number of carbonyl (C=O) groups excluding carboxylic acids is 2. The minimum Gasteiger partial charge on any atom is -0.432 e. The monoisotopic (exact) mass is 556 g/mol. The molecule has 1 amide bonds. The fraction of sp³-hybridized carbons (Fsp3) is 0.448. The van der Waals surface area contributed by atoms with Crippen molar-refractivity contribution < 1.29 is 32.3 Å². The molecule has 8 nitrogen and oxygen atoms in total. The summed E-state index contributed by atoms with van der Waals surface area (Å²) in [6.45, 7) is 1.98. The number of piperazine rings is 1. The number of nitrogens with zero attached hydrogens (tertiary/aromatic N) is 4. The second kappa shape index (κ2) is 11.8. The van der Waals surface area contributed by atoms with E-state index < -0.39 is 29.5 Å². The number of hydrogen-bond donors (Lipinski definition) is 1. The molecule has 3 heterocycles. The molecule has 1 saturated heterocycles. The van der Waals surface area contributed by atoms with Crippen LogP contribution >= 0.6 is 0 Å². The van der Waals surface area contributed by atoms with E-state index in [2.05, 4.69) is 9.97 Å². The maximum Gasteiger partial charge on any atom is 0.437 e. The number of aliphatic hydroxyl groups is 1. The Morgan fingerprint density at radius 2 is 1.70 bits per heavy atom. The van der Waals surface area contributed by atoms with Gasteiger partial charge >= 0.3 is 6.18 Å². The number of rotatable bonds is 7. The molecule has 2 aromatic heterocycles. The summed E-state index contributed by atoms with van der Waals surface area (Å²) in [6, 6.07) is 11.4. The molecule has 1 saturated carbocycles. The Kier molecular flexibility index (Phi) is 8.20. The van der Waals surface area contributed by atoms with Gasteiger partial charge in [0.1, 0.15) is 11.9 Å². The van der Waals surface area contributed by atoms with Crippen molar-refractivity contribution in [3.8, 4) is 11.5 Å². The van der Waals surface area contributed by atoms with E-state index in [1.807, 2.05) is 4.90 Å². The fourth-order valence-electron chi connectivity index (χ4n) is 5.37. The highest BCUT2D eigenvalue weighted by molar-refractivity contribution is 5.96. The fourth-order valence-corrected chi connectivity index (χ4v) is 5.37. The topological polar surface area (TPSA) is 99.8 Å². The Morgan fingerprint density at radius 1 is 1.00 bits per heavy atom. The third-order valence-corrected chi connectivity index (χ3v) is 7.61. The van der Waals surface area contributed by atoms with Crippen LogP contribution in [0.5, 0.6) is 0 Å². The number of hydrogen-bond acceptors (Lipinski definition) is 7. The number of aromatic nitrogens is 2. The van der Waals surface area contributed by atoms with Crippen molar-refractivity contribution in [1.29, 1.82) is 0 Å². The minimum atomic E-state index is -4.85. The summed E-state index contributed by atoms with van der Waals surface area (Å²) in [7, 11) is 0. The van der Waals surface area contributed by atoms with Gasteiger partial charge in [0.25, 0.3) is 5.91 Å². The summed E-state index contributed by atoms with van der Waals surface area (Å²) in [5, 5.41) is 10.6. The molecular formula is C29H31F3N4O4. The molecule has 1 aromatic carbocycles. The number of ketones is 1. The zero-order valence-electron chi connectivity index (χ0n) is 21.9. The largest absolute Gasteiger partial charge is 0.437 e. The summed E-state index contributed by atoms with van der Waals surface area (Å²) in [6.07, 6.45) is 0.341. The van der Waals surface area contributed by atoms with Crippen LogP contribution in [-0.2, 0) is 17.4 Å². The Balaban J connectivity index is 1.20. The first kappa shape index (κ1) is 27.8. The van der Waals surface area contributed by atoms with Crippen molar-refractivity contribution in [2.45, 2.75) is 50.8 Å². The standard InChI is InChI=1S/C29H31F3N4O4/c30-29(31,32)26-25(40-27(34-26)21-9-5-2-6-10-21)22(37)17-19-11-12-23(33-18-19)35-13-15-36(16-14-35)28(39)24(38)20-7-3-1-4-8-20/h2,5-6,9-12,18,20,24,38H,1,3-4,7-8,13-17H2/t24-/m1/s1. The van der Waals surface area contributed by atoms with Gasteiger partial charge in [-0.1, -0.05) is 43.5 Å². The highest BCUT2D eigenvalue weighted by Gasteiger charge is 2.41. The van der Waals surface area contributed by atoms with Crippen molar-refractivity contribution >= 4 is 17.5 Å². The highest BCUT2D eigenvalue weighted by Crippen LogP contribution is 2.35. The molecule has 1 aliphatic carbocycles. The average molecular weight is 557 g/mol. The van der Waals surface area contributed by atoms with E-state index in [9.17, 15) is 27.9 Å². The molecule has 212 valence electrons. The quantitative estimate of drug-likeness (QED) is 0.419. The first-order chi connectivity index (χ1) is 19.2. The van der Waals surface area contributed by atoms with E-state index >= 15 is 0 Å². The van der Waals surface area contributed by atoms with Crippen LogP contribution in [0.2, 0.25) is 0 Å². The number of anilines is 1. The van der Waals surface area contributed by atoms with Crippen LogP contribution in [-0.4, -0.2) is 63.9 Å². The predicted octanol–water partition coefficient (Wildman–Crippen LogP) is 4.77. The molecule has 1 aliphatic heterocycles. The number of benzene rings is 1. The van der Waals surface area contributed by atoms with Crippen LogP contribution < -0.4 is 4.90 Å². The molecule has 0 radical (unpaired) electrons. The zero-order chi connectivity index (χ0) is 28.3. The van der Waals surface area contributed by atoms with Crippen molar-refractivity contribution in [3.63, 3.8) is 0 Å². The zero-order valence-corrected chi connectivity index (χ0v) is 21.9. The molecule has 0 unspecified atom stereocenters. The number of Topliss-reactive ketones (excluding diaryl/α,β-unsaturated/α-hetero) is 1. The molecule has 2 aliphatic rings. The minimum absolute atomic E-state index is 0.0327. The molecule has 5 rings (SSSR count). The van der Waals surface area contributed by atoms with E-state index in [0.717, 1.165) is 32.1 Å². The van der Waals surface area contributed by atoms with Gasteiger partial charge in [-0.15, -0.1) is 0 Å². The van der Waals surface area contributed by atoms with Crippen molar-refractivity contribution in [2.24, 2.45) is 5.92 Å². The van der Waals surface area contributed by atoms with E-state index in [1.165, 1.54) is 6.20 Å². The van der Waals surface area contributed by atoms with E-state index in [-0.39, 0.29) is 24.1 Å². The average Bonchev–Trinajstić information content (AvgIpc) is 3.45. The number of halogens is 3. The lowest BCUT2D eigenvalue weighted by Gasteiger charge is -2.37. The van der Waals surface area contributed by atoms with Gasteiger partial charge in [-0.2, -0.15) is 13.2 Å². The maximum absolute atomic E-state index is 13.6. The lowest BCUT2D eigenvalue weighted by atomic mass is 9.85. The second-order valence-corrected chi connectivity index (χ2v) is 10.3. The van der Waals surface area contributed by atoms with Crippen molar-refractivity contribution in [1.82, 2.24) is 14.9 Å². The van der Waals surface area contributed by atoms with Crippen LogP contribution in [0.15, 0.2) is 53.1 Å². The molecule has 1 N–H and O–H groups in total. The number of oxazole rings is 1. The summed E-state index contributed by atoms with van der Waals surface area (Å²) >= 11 is 0. The Bertz CT molecular complexity index is 1310. The number of pyridine rings is 1. The van der Waals surface area contributed by atoms with Crippen molar-refractivity contribution in [2.75, 3.05) is 31.1 Å². The lowest BCUT2D eigenvalue weighted by molar-refractivity contribution is -0.144. The molecule has 40 heavy (non-hydrogen) atoms. The van der Waals surface area contributed by atoms with E-state index in [4.69, 9.17) is 4.42 Å². The number of amides is 1. The lowest BCUT2D eigenvalue weighted by Crippen LogP contribution is -2.53. The highest BCUT2D eigenvalue weighted by atomic mass is 19.4. The normalized spacial score (nSPS) is 17.6. The van der Waals surface area contributed by atoms with Crippen molar-refractivity contribution in [3.05, 3.63) is 65.7 Å². The Morgan fingerprint density at radius 3 is 2.33 bits per heavy atom. The molecule has 0 bridgehead atoms. The van der Waals surface area contributed by atoms with Gasteiger partial charge in [0.2, 0.25) is 17.4 Å². The molecule has 1 atom stereocenters. The summed E-state index contributed by atoms with van der Waals surface area (Å²) < 4.78 is 46.2. The third-order valence-electron chi connectivity index (χ3n) is 7.61.